The third-order valence-corrected chi connectivity index (χ3v) is 4.98. The lowest BCUT2D eigenvalue weighted by Gasteiger charge is -2.15. The predicted molar refractivity (Wildman–Crippen MR) is 114 cm³/mol. The van der Waals surface area contributed by atoms with Crippen LogP contribution in [0.2, 0.25) is 5.02 Å². The Balaban J connectivity index is 1.58. The molecule has 1 aliphatic heterocycles. The molecule has 28 heavy (non-hydrogen) atoms. The zero-order chi connectivity index (χ0) is 19.3. The summed E-state index contributed by atoms with van der Waals surface area (Å²) in [5, 5.41) is 9.76. The summed E-state index contributed by atoms with van der Waals surface area (Å²) in [6.45, 7) is 0.533. The number of nitrogens with zero attached hydrogens (tertiary/aromatic N) is 2. The van der Waals surface area contributed by atoms with E-state index >= 15 is 0 Å². The van der Waals surface area contributed by atoms with E-state index in [0.717, 1.165) is 23.4 Å². The van der Waals surface area contributed by atoms with E-state index < -0.39 is 0 Å². The number of hydrogen-bond donors (Lipinski definition) is 1. The van der Waals surface area contributed by atoms with E-state index in [0.29, 0.717) is 11.6 Å². The summed E-state index contributed by atoms with van der Waals surface area (Å²) in [7, 11) is 0. The van der Waals surface area contributed by atoms with E-state index in [-0.39, 0.29) is 11.9 Å². The van der Waals surface area contributed by atoms with Crippen molar-refractivity contribution in [1.82, 2.24) is 5.01 Å². The van der Waals surface area contributed by atoms with Crippen molar-refractivity contribution in [3.63, 3.8) is 0 Å². The molecule has 5 heteroatoms. The van der Waals surface area contributed by atoms with Crippen LogP contribution in [0.3, 0.4) is 0 Å². The monoisotopic (exact) mass is 389 g/mol. The molecule has 0 aromatic heterocycles. The zero-order valence-electron chi connectivity index (χ0n) is 15.3. The van der Waals surface area contributed by atoms with Gasteiger partial charge in [0.05, 0.1) is 12.3 Å². The van der Waals surface area contributed by atoms with Crippen LogP contribution in [-0.4, -0.2) is 23.3 Å². The third kappa shape index (κ3) is 4.24. The van der Waals surface area contributed by atoms with Crippen molar-refractivity contribution in [2.75, 3.05) is 11.9 Å². The number of para-hydroxylation sites is 1. The quantitative estimate of drug-likeness (QED) is 0.633. The van der Waals surface area contributed by atoms with E-state index in [1.54, 1.807) is 0 Å². The van der Waals surface area contributed by atoms with Gasteiger partial charge in [0.15, 0.2) is 0 Å². The number of rotatable bonds is 4. The van der Waals surface area contributed by atoms with Crippen LogP contribution >= 0.6 is 11.6 Å². The topological polar surface area (TPSA) is 44.7 Å². The first kappa shape index (κ1) is 18.3. The molecular formula is C23H20ClN3O. The summed E-state index contributed by atoms with van der Waals surface area (Å²) in [6.07, 6.45) is 0.817. The van der Waals surface area contributed by atoms with Crippen LogP contribution < -0.4 is 5.32 Å². The Morgan fingerprint density at radius 1 is 0.964 bits per heavy atom. The SMILES string of the molecule is O=C(Nc1ccccc1)N1CC(Cc2ccccc2)C(c2ccc(Cl)cc2)=N1. The molecule has 3 aromatic carbocycles. The molecule has 2 amide bonds. The summed E-state index contributed by atoms with van der Waals surface area (Å²) >= 11 is 6.04. The Kier molecular flexibility index (Phi) is 5.40. The van der Waals surface area contributed by atoms with Crippen molar-refractivity contribution in [2.45, 2.75) is 6.42 Å². The lowest BCUT2D eigenvalue weighted by Crippen LogP contribution is -2.31. The number of anilines is 1. The summed E-state index contributed by atoms with van der Waals surface area (Å²) in [5.74, 6) is 0.116. The fourth-order valence-corrected chi connectivity index (χ4v) is 3.49. The molecular weight excluding hydrogens is 370 g/mol. The molecule has 1 heterocycles. The Labute approximate surface area is 169 Å². The smallest absolute Gasteiger partial charge is 0.306 e. The Morgan fingerprint density at radius 3 is 2.29 bits per heavy atom. The summed E-state index contributed by atoms with van der Waals surface area (Å²) in [6, 6.07) is 27.1. The van der Waals surface area contributed by atoms with Gasteiger partial charge in [-0.1, -0.05) is 72.3 Å². The molecule has 1 N–H and O–H groups in total. The van der Waals surface area contributed by atoms with E-state index in [4.69, 9.17) is 11.6 Å². The summed E-state index contributed by atoms with van der Waals surface area (Å²) < 4.78 is 0. The molecule has 0 bridgehead atoms. The Bertz CT molecular complexity index is 972. The molecule has 0 spiro atoms. The fraction of sp³-hybridized carbons (Fsp3) is 0.130. The lowest BCUT2D eigenvalue weighted by molar-refractivity contribution is 0.215. The van der Waals surface area contributed by atoms with E-state index in [1.807, 2.05) is 72.8 Å². The molecule has 0 aliphatic carbocycles. The van der Waals surface area contributed by atoms with E-state index in [1.165, 1.54) is 10.6 Å². The normalized spacial score (nSPS) is 16.0. The molecule has 4 rings (SSSR count). The molecule has 0 saturated carbocycles. The molecule has 1 unspecified atom stereocenters. The number of hydrogen-bond acceptors (Lipinski definition) is 2. The summed E-state index contributed by atoms with van der Waals surface area (Å²) in [5.41, 5.74) is 3.87. The number of carbonyl (C=O) groups excluding carboxylic acids is 1. The van der Waals surface area contributed by atoms with Crippen molar-refractivity contribution >= 4 is 29.0 Å². The van der Waals surface area contributed by atoms with Crippen LogP contribution in [0, 0.1) is 5.92 Å². The van der Waals surface area contributed by atoms with Crippen LogP contribution in [0.25, 0.3) is 0 Å². The number of benzene rings is 3. The van der Waals surface area contributed by atoms with Gasteiger partial charge >= 0.3 is 6.03 Å². The summed E-state index contributed by atoms with van der Waals surface area (Å²) in [4.78, 5) is 12.7. The fourth-order valence-electron chi connectivity index (χ4n) is 3.36. The largest absolute Gasteiger partial charge is 0.342 e. The minimum atomic E-state index is -0.228. The van der Waals surface area contributed by atoms with E-state index in [9.17, 15) is 4.79 Å². The van der Waals surface area contributed by atoms with Gasteiger partial charge in [0.1, 0.15) is 0 Å². The number of nitrogens with one attached hydrogen (secondary N) is 1. The van der Waals surface area contributed by atoms with Crippen molar-refractivity contribution in [3.8, 4) is 0 Å². The number of hydrazone groups is 1. The molecule has 1 aliphatic rings. The predicted octanol–water partition coefficient (Wildman–Crippen LogP) is 5.45. The number of halogens is 1. The van der Waals surface area contributed by atoms with Crippen molar-refractivity contribution in [2.24, 2.45) is 11.0 Å². The number of carbonyl (C=O) groups is 1. The molecule has 3 aromatic rings. The zero-order valence-corrected chi connectivity index (χ0v) is 16.0. The minimum absolute atomic E-state index is 0.116. The number of amides is 2. The molecule has 0 fully saturated rings. The first-order valence-corrected chi connectivity index (χ1v) is 9.59. The number of urea groups is 1. The van der Waals surface area contributed by atoms with Crippen LogP contribution in [-0.2, 0) is 6.42 Å². The van der Waals surface area contributed by atoms with Crippen LogP contribution in [0.4, 0.5) is 10.5 Å². The van der Waals surface area contributed by atoms with Gasteiger partial charge in [-0.2, -0.15) is 5.10 Å². The van der Waals surface area contributed by atoms with Gasteiger partial charge < -0.3 is 5.32 Å². The van der Waals surface area contributed by atoms with Crippen molar-refractivity contribution in [3.05, 3.63) is 101 Å². The van der Waals surface area contributed by atoms with Gasteiger partial charge in [0, 0.05) is 16.6 Å². The van der Waals surface area contributed by atoms with Crippen LogP contribution in [0.1, 0.15) is 11.1 Å². The van der Waals surface area contributed by atoms with Crippen molar-refractivity contribution < 1.29 is 4.79 Å². The minimum Gasteiger partial charge on any atom is -0.306 e. The van der Waals surface area contributed by atoms with Crippen LogP contribution in [0.15, 0.2) is 90.0 Å². The van der Waals surface area contributed by atoms with Gasteiger partial charge in [0.25, 0.3) is 0 Å². The maximum Gasteiger partial charge on any atom is 0.342 e. The van der Waals surface area contributed by atoms with E-state index in [2.05, 4.69) is 22.6 Å². The molecule has 1 atom stereocenters. The van der Waals surface area contributed by atoms with Gasteiger partial charge in [-0.25, -0.2) is 9.80 Å². The second-order valence-electron chi connectivity index (χ2n) is 6.76. The lowest BCUT2D eigenvalue weighted by atomic mass is 9.91. The standard InChI is InChI=1S/C23H20ClN3O/c24-20-13-11-18(12-14-20)22-19(15-17-7-3-1-4-8-17)16-27(26-22)23(28)25-21-9-5-2-6-10-21/h1-14,19H,15-16H2,(H,25,28). The highest BCUT2D eigenvalue weighted by Gasteiger charge is 2.31. The second-order valence-corrected chi connectivity index (χ2v) is 7.19. The second kappa shape index (κ2) is 8.28. The highest BCUT2D eigenvalue weighted by Crippen LogP contribution is 2.25. The maximum absolute atomic E-state index is 12.7. The molecule has 0 radical (unpaired) electrons. The van der Waals surface area contributed by atoms with Gasteiger partial charge in [-0.05, 0) is 41.8 Å². The van der Waals surface area contributed by atoms with Crippen molar-refractivity contribution in [1.29, 1.82) is 0 Å². The Morgan fingerprint density at radius 2 is 1.61 bits per heavy atom. The first-order valence-electron chi connectivity index (χ1n) is 9.21. The highest BCUT2D eigenvalue weighted by molar-refractivity contribution is 6.30. The highest BCUT2D eigenvalue weighted by atomic mass is 35.5. The van der Waals surface area contributed by atoms with Gasteiger partial charge in [-0.15, -0.1) is 0 Å². The maximum atomic E-state index is 12.7. The van der Waals surface area contributed by atoms with Gasteiger partial charge in [-0.3, -0.25) is 0 Å². The molecule has 140 valence electrons. The van der Waals surface area contributed by atoms with Gasteiger partial charge in [0.2, 0.25) is 0 Å². The first-order chi connectivity index (χ1) is 13.7. The third-order valence-electron chi connectivity index (χ3n) is 4.73. The molecule has 0 saturated heterocycles. The van der Waals surface area contributed by atoms with Crippen LogP contribution in [0.5, 0.6) is 0 Å². The average Bonchev–Trinajstić information content (AvgIpc) is 3.14. The molecule has 4 nitrogen and oxygen atoms in total. The Hall–Kier alpha value is -3.11. The average molecular weight is 390 g/mol.